The molecule has 1 saturated heterocycles. The van der Waals surface area contributed by atoms with E-state index in [1.807, 2.05) is 13.8 Å². The molecule has 5 unspecified atom stereocenters. The van der Waals surface area contributed by atoms with Gasteiger partial charge in [-0.15, -0.1) is 0 Å². The number of ether oxygens (including phenoxy) is 2. The van der Waals surface area contributed by atoms with Crippen molar-refractivity contribution in [3.05, 3.63) is 0 Å². The molecule has 0 amide bonds. The van der Waals surface area contributed by atoms with E-state index in [1.54, 1.807) is 0 Å². The minimum Gasteiger partial charge on any atom is -0.465 e. The van der Waals surface area contributed by atoms with Crippen LogP contribution in [0.3, 0.4) is 0 Å². The van der Waals surface area contributed by atoms with Crippen LogP contribution in [-0.4, -0.2) is 24.6 Å². The second-order valence-electron chi connectivity index (χ2n) is 6.63. The lowest BCUT2D eigenvalue weighted by molar-refractivity contribution is -0.159. The van der Waals surface area contributed by atoms with Gasteiger partial charge in [0, 0.05) is 11.3 Å². The first-order valence-corrected chi connectivity index (χ1v) is 7.40. The van der Waals surface area contributed by atoms with Crippen molar-refractivity contribution in [1.82, 2.24) is 0 Å². The molecule has 106 valence electrons. The lowest BCUT2D eigenvalue weighted by Crippen LogP contribution is -2.39. The Hall–Kier alpha value is -1.06. The Balaban J connectivity index is 1.69. The molecule has 3 aliphatic rings. The average molecular weight is 266 g/mol. The molecule has 19 heavy (non-hydrogen) atoms. The van der Waals surface area contributed by atoms with Crippen LogP contribution in [-0.2, 0) is 19.1 Å². The van der Waals surface area contributed by atoms with Gasteiger partial charge in [0.25, 0.3) is 0 Å². The zero-order valence-electron chi connectivity index (χ0n) is 11.7. The SMILES string of the molecule is CCC(C)C(=O)OC1CC2CC1C1(COC(=O)C1)C2. The fraction of sp³-hybridized carbons (Fsp3) is 0.867. The molecule has 0 aromatic heterocycles. The summed E-state index contributed by atoms with van der Waals surface area (Å²) in [5.41, 5.74) is -0.0274. The predicted octanol–water partition coefficient (Wildman–Crippen LogP) is 2.31. The molecular formula is C15H22O4. The van der Waals surface area contributed by atoms with Gasteiger partial charge in [0.05, 0.1) is 18.9 Å². The molecule has 3 rings (SSSR count). The predicted molar refractivity (Wildman–Crippen MR) is 68.2 cm³/mol. The van der Waals surface area contributed by atoms with Gasteiger partial charge < -0.3 is 9.47 Å². The standard InChI is InChI=1S/C15H22O4/c1-3-9(2)14(17)19-12-5-10-4-11(12)15(6-10)7-13(16)18-8-15/h9-12H,3-8H2,1-2H3. The minimum absolute atomic E-state index is 0.00903. The fourth-order valence-electron chi connectivity index (χ4n) is 4.18. The lowest BCUT2D eigenvalue weighted by Gasteiger charge is -2.36. The number of esters is 2. The van der Waals surface area contributed by atoms with Crippen LogP contribution in [0.4, 0.5) is 0 Å². The number of hydrogen-bond donors (Lipinski definition) is 0. The largest absolute Gasteiger partial charge is 0.465 e. The van der Waals surface area contributed by atoms with Gasteiger partial charge in [0.1, 0.15) is 6.10 Å². The molecule has 3 fully saturated rings. The van der Waals surface area contributed by atoms with E-state index in [0.29, 0.717) is 24.9 Å². The first-order valence-electron chi connectivity index (χ1n) is 7.40. The van der Waals surface area contributed by atoms with Gasteiger partial charge in [-0.3, -0.25) is 9.59 Å². The molecule has 0 aromatic carbocycles. The van der Waals surface area contributed by atoms with Crippen LogP contribution in [0.2, 0.25) is 0 Å². The number of carbonyl (C=O) groups is 2. The van der Waals surface area contributed by atoms with E-state index in [4.69, 9.17) is 9.47 Å². The monoisotopic (exact) mass is 266 g/mol. The Kier molecular flexibility index (Phi) is 3.06. The maximum atomic E-state index is 12.0. The zero-order valence-corrected chi connectivity index (χ0v) is 11.7. The molecule has 2 saturated carbocycles. The van der Waals surface area contributed by atoms with Crippen molar-refractivity contribution in [2.75, 3.05) is 6.61 Å². The van der Waals surface area contributed by atoms with Crippen molar-refractivity contribution < 1.29 is 19.1 Å². The summed E-state index contributed by atoms with van der Waals surface area (Å²) >= 11 is 0. The second-order valence-corrected chi connectivity index (χ2v) is 6.63. The van der Waals surface area contributed by atoms with E-state index in [-0.39, 0.29) is 29.4 Å². The lowest BCUT2D eigenvalue weighted by atomic mass is 9.71. The van der Waals surface area contributed by atoms with Crippen LogP contribution in [0, 0.1) is 23.2 Å². The van der Waals surface area contributed by atoms with Gasteiger partial charge in [0.2, 0.25) is 0 Å². The maximum absolute atomic E-state index is 12.0. The third kappa shape index (κ3) is 2.05. The third-order valence-corrected chi connectivity index (χ3v) is 5.38. The second kappa shape index (κ2) is 4.50. The Bertz CT molecular complexity index is 405. The van der Waals surface area contributed by atoms with Gasteiger partial charge in [0.15, 0.2) is 0 Å². The summed E-state index contributed by atoms with van der Waals surface area (Å²) in [6.45, 7) is 4.44. The number of carbonyl (C=O) groups excluding carboxylic acids is 2. The van der Waals surface area contributed by atoms with E-state index in [2.05, 4.69) is 0 Å². The van der Waals surface area contributed by atoms with Crippen LogP contribution in [0.25, 0.3) is 0 Å². The van der Waals surface area contributed by atoms with Crippen LogP contribution < -0.4 is 0 Å². The van der Waals surface area contributed by atoms with E-state index >= 15 is 0 Å². The molecule has 4 heteroatoms. The number of cyclic esters (lactones) is 1. The number of fused-ring (bicyclic) bond motifs is 3. The van der Waals surface area contributed by atoms with E-state index in [0.717, 1.165) is 25.7 Å². The molecule has 0 aromatic rings. The highest BCUT2D eigenvalue weighted by Gasteiger charge is 2.60. The topological polar surface area (TPSA) is 52.6 Å². The summed E-state index contributed by atoms with van der Waals surface area (Å²) in [5.74, 6) is 0.739. The van der Waals surface area contributed by atoms with Crippen molar-refractivity contribution in [1.29, 1.82) is 0 Å². The quantitative estimate of drug-likeness (QED) is 0.736. The van der Waals surface area contributed by atoms with Gasteiger partial charge in [-0.2, -0.15) is 0 Å². The zero-order chi connectivity index (χ0) is 13.6. The Labute approximate surface area is 113 Å². The first kappa shape index (κ1) is 12.9. The molecule has 0 radical (unpaired) electrons. The van der Waals surface area contributed by atoms with E-state index < -0.39 is 0 Å². The molecule has 4 nitrogen and oxygen atoms in total. The van der Waals surface area contributed by atoms with E-state index in [9.17, 15) is 9.59 Å². The number of rotatable bonds is 3. The molecule has 2 bridgehead atoms. The Morgan fingerprint density at radius 1 is 1.53 bits per heavy atom. The van der Waals surface area contributed by atoms with Gasteiger partial charge in [-0.25, -0.2) is 0 Å². The average Bonchev–Trinajstić information content (AvgIpc) is 3.03. The smallest absolute Gasteiger partial charge is 0.308 e. The van der Waals surface area contributed by atoms with Crippen molar-refractivity contribution >= 4 is 11.9 Å². The molecule has 0 N–H and O–H groups in total. The molecule has 1 spiro atoms. The highest BCUT2D eigenvalue weighted by molar-refractivity contribution is 5.73. The fourth-order valence-corrected chi connectivity index (χ4v) is 4.18. The summed E-state index contributed by atoms with van der Waals surface area (Å²) in [4.78, 5) is 23.4. The molecule has 2 aliphatic carbocycles. The Morgan fingerprint density at radius 3 is 2.89 bits per heavy atom. The molecule has 1 aliphatic heterocycles. The maximum Gasteiger partial charge on any atom is 0.308 e. The van der Waals surface area contributed by atoms with Crippen LogP contribution in [0.5, 0.6) is 0 Å². The molecule has 1 heterocycles. The van der Waals surface area contributed by atoms with Crippen molar-refractivity contribution in [3.63, 3.8) is 0 Å². The summed E-state index contributed by atoms with van der Waals surface area (Å²) in [5, 5.41) is 0. The van der Waals surface area contributed by atoms with Crippen LogP contribution in [0.1, 0.15) is 46.0 Å². The highest BCUT2D eigenvalue weighted by Crippen LogP contribution is 2.60. The van der Waals surface area contributed by atoms with Crippen LogP contribution in [0.15, 0.2) is 0 Å². The minimum atomic E-state index is -0.0837. The van der Waals surface area contributed by atoms with Crippen LogP contribution >= 0.6 is 0 Å². The third-order valence-electron chi connectivity index (χ3n) is 5.38. The van der Waals surface area contributed by atoms with Gasteiger partial charge in [-0.1, -0.05) is 13.8 Å². The summed E-state index contributed by atoms with van der Waals surface area (Å²) < 4.78 is 10.9. The van der Waals surface area contributed by atoms with Crippen molar-refractivity contribution in [2.24, 2.45) is 23.2 Å². The van der Waals surface area contributed by atoms with Crippen molar-refractivity contribution in [2.45, 2.75) is 52.1 Å². The highest BCUT2D eigenvalue weighted by atomic mass is 16.6. The molecule has 5 atom stereocenters. The molecular weight excluding hydrogens is 244 g/mol. The Morgan fingerprint density at radius 2 is 2.32 bits per heavy atom. The summed E-state index contributed by atoms with van der Waals surface area (Å²) in [6.07, 6.45) is 4.48. The summed E-state index contributed by atoms with van der Waals surface area (Å²) in [7, 11) is 0. The summed E-state index contributed by atoms with van der Waals surface area (Å²) in [6, 6.07) is 0. The normalized spacial score (nSPS) is 41.6. The number of hydrogen-bond acceptors (Lipinski definition) is 4. The van der Waals surface area contributed by atoms with Gasteiger partial charge in [-0.05, 0) is 31.6 Å². The first-order chi connectivity index (χ1) is 9.04. The van der Waals surface area contributed by atoms with Gasteiger partial charge >= 0.3 is 11.9 Å². The van der Waals surface area contributed by atoms with E-state index in [1.165, 1.54) is 0 Å². The van der Waals surface area contributed by atoms with Crippen molar-refractivity contribution in [3.8, 4) is 0 Å².